The van der Waals surface area contributed by atoms with E-state index in [1.54, 1.807) is 0 Å². The van der Waals surface area contributed by atoms with E-state index in [2.05, 4.69) is 4.90 Å². The van der Waals surface area contributed by atoms with E-state index in [0.717, 1.165) is 44.2 Å². The Bertz CT molecular complexity index is 663. The third-order valence-electron chi connectivity index (χ3n) is 6.46. The van der Waals surface area contributed by atoms with Crippen LogP contribution in [-0.4, -0.2) is 32.4 Å². The van der Waals surface area contributed by atoms with Crippen molar-refractivity contribution < 1.29 is 9.59 Å². The molecule has 3 aliphatic carbocycles. The maximum atomic E-state index is 13.3. The summed E-state index contributed by atoms with van der Waals surface area (Å²) in [7, 11) is 2.03. The zero-order valence-corrected chi connectivity index (χ0v) is 15.3. The molecule has 3 aliphatic rings. The monoisotopic (exact) mass is 343 g/mol. The summed E-state index contributed by atoms with van der Waals surface area (Å²) in [6, 6.07) is 0.365. The SMILES string of the molecule is Cn1nc(CN(C(=O)C2CCC(=O)CC2)C2CCCC2)c2c1CCC2. The van der Waals surface area contributed by atoms with Gasteiger partial charge in [-0.1, -0.05) is 12.8 Å². The molecule has 0 aromatic carbocycles. The number of ketones is 1. The van der Waals surface area contributed by atoms with Crippen molar-refractivity contribution in [3.63, 3.8) is 0 Å². The topological polar surface area (TPSA) is 55.2 Å². The average Bonchev–Trinajstić information content (AvgIpc) is 3.33. The Morgan fingerprint density at radius 2 is 1.80 bits per heavy atom. The number of Topliss-reactive ketones (excluding diaryl/α,β-unsaturated/α-hetero) is 1. The summed E-state index contributed by atoms with van der Waals surface area (Å²) in [5.41, 5.74) is 3.86. The fourth-order valence-electron chi connectivity index (χ4n) is 5.01. The minimum absolute atomic E-state index is 0.0371. The largest absolute Gasteiger partial charge is 0.333 e. The van der Waals surface area contributed by atoms with Crippen molar-refractivity contribution in [1.29, 1.82) is 0 Å². The van der Waals surface area contributed by atoms with E-state index in [0.29, 0.717) is 31.2 Å². The lowest BCUT2D eigenvalue weighted by Gasteiger charge is -2.33. The maximum absolute atomic E-state index is 13.3. The van der Waals surface area contributed by atoms with Gasteiger partial charge in [0.1, 0.15) is 5.78 Å². The lowest BCUT2D eigenvalue weighted by atomic mass is 9.87. The number of aryl methyl sites for hydroxylation is 1. The van der Waals surface area contributed by atoms with Crippen molar-refractivity contribution in [2.75, 3.05) is 0 Å². The van der Waals surface area contributed by atoms with Gasteiger partial charge >= 0.3 is 0 Å². The lowest BCUT2D eigenvalue weighted by Crippen LogP contribution is -2.43. The van der Waals surface area contributed by atoms with E-state index in [-0.39, 0.29) is 11.8 Å². The third-order valence-corrected chi connectivity index (χ3v) is 6.46. The molecule has 5 heteroatoms. The number of carbonyl (C=O) groups is 2. The van der Waals surface area contributed by atoms with Gasteiger partial charge in [-0.15, -0.1) is 0 Å². The molecule has 136 valence electrons. The molecule has 5 nitrogen and oxygen atoms in total. The molecular weight excluding hydrogens is 314 g/mol. The molecule has 0 saturated heterocycles. The highest BCUT2D eigenvalue weighted by Crippen LogP contribution is 2.32. The molecular formula is C20H29N3O2. The van der Waals surface area contributed by atoms with Crippen LogP contribution in [0.15, 0.2) is 0 Å². The van der Waals surface area contributed by atoms with Gasteiger partial charge in [0, 0.05) is 37.5 Å². The highest BCUT2D eigenvalue weighted by Gasteiger charge is 2.35. The number of aromatic nitrogens is 2. The minimum atomic E-state index is 0.0371. The van der Waals surface area contributed by atoms with Crippen molar-refractivity contribution in [2.45, 2.75) is 83.2 Å². The number of carbonyl (C=O) groups excluding carboxylic acids is 2. The summed E-state index contributed by atoms with van der Waals surface area (Å²) in [5.74, 6) is 0.630. The summed E-state index contributed by atoms with van der Waals surface area (Å²) in [6.45, 7) is 0.664. The molecule has 0 aliphatic heterocycles. The molecule has 2 fully saturated rings. The number of amides is 1. The molecule has 0 spiro atoms. The van der Waals surface area contributed by atoms with Gasteiger partial charge in [-0.25, -0.2) is 0 Å². The number of hydrogen-bond acceptors (Lipinski definition) is 3. The van der Waals surface area contributed by atoms with Crippen LogP contribution in [0.5, 0.6) is 0 Å². The fraction of sp³-hybridized carbons (Fsp3) is 0.750. The molecule has 0 radical (unpaired) electrons. The fourth-order valence-corrected chi connectivity index (χ4v) is 5.01. The number of fused-ring (bicyclic) bond motifs is 1. The van der Waals surface area contributed by atoms with Crippen molar-refractivity contribution in [3.05, 3.63) is 17.0 Å². The summed E-state index contributed by atoms with van der Waals surface area (Å²) >= 11 is 0. The van der Waals surface area contributed by atoms with Gasteiger partial charge < -0.3 is 4.90 Å². The van der Waals surface area contributed by atoms with Crippen LogP contribution >= 0.6 is 0 Å². The smallest absolute Gasteiger partial charge is 0.226 e. The minimum Gasteiger partial charge on any atom is -0.333 e. The Kier molecular flexibility index (Phi) is 4.65. The predicted octanol–water partition coefficient (Wildman–Crippen LogP) is 2.94. The van der Waals surface area contributed by atoms with Gasteiger partial charge in [-0.3, -0.25) is 14.3 Å². The van der Waals surface area contributed by atoms with Crippen molar-refractivity contribution >= 4 is 11.7 Å². The van der Waals surface area contributed by atoms with E-state index in [9.17, 15) is 9.59 Å². The first-order chi connectivity index (χ1) is 12.1. The third kappa shape index (κ3) is 3.25. The Labute approximate surface area is 149 Å². The quantitative estimate of drug-likeness (QED) is 0.844. The number of hydrogen-bond donors (Lipinski definition) is 0. The Morgan fingerprint density at radius 1 is 1.08 bits per heavy atom. The van der Waals surface area contributed by atoms with Crippen LogP contribution in [0.4, 0.5) is 0 Å². The molecule has 1 aromatic heterocycles. The van der Waals surface area contributed by atoms with Crippen LogP contribution in [0, 0.1) is 5.92 Å². The highest BCUT2D eigenvalue weighted by molar-refractivity contribution is 5.84. The van der Waals surface area contributed by atoms with Gasteiger partial charge in [0.25, 0.3) is 0 Å². The van der Waals surface area contributed by atoms with Gasteiger partial charge in [-0.2, -0.15) is 5.10 Å². The molecule has 2 saturated carbocycles. The van der Waals surface area contributed by atoms with E-state index in [1.807, 2.05) is 11.7 Å². The Hall–Kier alpha value is -1.65. The Morgan fingerprint density at radius 3 is 2.52 bits per heavy atom. The first-order valence-corrected chi connectivity index (χ1v) is 9.99. The zero-order chi connectivity index (χ0) is 17.4. The summed E-state index contributed by atoms with van der Waals surface area (Å²) in [6.07, 6.45) is 10.7. The molecule has 4 rings (SSSR count). The van der Waals surface area contributed by atoms with Crippen molar-refractivity contribution in [2.24, 2.45) is 13.0 Å². The molecule has 25 heavy (non-hydrogen) atoms. The summed E-state index contributed by atoms with van der Waals surface area (Å²) in [5, 5.41) is 4.75. The van der Waals surface area contributed by atoms with E-state index in [1.165, 1.54) is 30.5 Å². The van der Waals surface area contributed by atoms with Crippen LogP contribution in [0.25, 0.3) is 0 Å². The van der Waals surface area contributed by atoms with Crippen LogP contribution in [0.2, 0.25) is 0 Å². The standard InChI is InChI=1S/C20H29N3O2/c1-22-19-8-4-7-17(19)18(21-22)13-23(15-5-2-3-6-15)20(25)14-9-11-16(24)12-10-14/h14-15H,2-13H2,1H3. The lowest BCUT2D eigenvalue weighted by molar-refractivity contribution is -0.140. The second kappa shape index (κ2) is 6.93. The normalized spacial score (nSPS) is 21.7. The highest BCUT2D eigenvalue weighted by atomic mass is 16.2. The van der Waals surface area contributed by atoms with E-state index < -0.39 is 0 Å². The van der Waals surface area contributed by atoms with E-state index >= 15 is 0 Å². The summed E-state index contributed by atoms with van der Waals surface area (Å²) in [4.78, 5) is 27.0. The van der Waals surface area contributed by atoms with Gasteiger partial charge in [-0.05, 0) is 50.5 Å². The van der Waals surface area contributed by atoms with Crippen LogP contribution in [0.3, 0.4) is 0 Å². The van der Waals surface area contributed by atoms with Gasteiger partial charge in [0.2, 0.25) is 5.91 Å². The van der Waals surface area contributed by atoms with Crippen LogP contribution < -0.4 is 0 Å². The molecule has 1 amide bonds. The van der Waals surface area contributed by atoms with Crippen molar-refractivity contribution in [3.8, 4) is 0 Å². The molecule has 0 N–H and O–H groups in total. The first-order valence-electron chi connectivity index (χ1n) is 9.99. The number of rotatable bonds is 4. The maximum Gasteiger partial charge on any atom is 0.226 e. The number of nitrogens with zero attached hydrogens (tertiary/aromatic N) is 3. The van der Waals surface area contributed by atoms with E-state index in [4.69, 9.17) is 5.10 Å². The predicted molar refractivity (Wildman–Crippen MR) is 95.0 cm³/mol. The molecule has 1 aromatic rings. The summed E-state index contributed by atoms with van der Waals surface area (Å²) < 4.78 is 2.02. The second-order valence-corrected chi connectivity index (χ2v) is 8.07. The molecule has 0 atom stereocenters. The van der Waals surface area contributed by atoms with Gasteiger partial charge in [0.05, 0.1) is 12.2 Å². The molecule has 0 unspecified atom stereocenters. The van der Waals surface area contributed by atoms with Crippen LogP contribution in [-0.2, 0) is 36.0 Å². The second-order valence-electron chi connectivity index (χ2n) is 8.07. The molecule has 1 heterocycles. The van der Waals surface area contributed by atoms with Crippen molar-refractivity contribution in [1.82, 2.24) is 14.7 Å². The van der Waals surface area contributed by atoms with Crippen LogP contribution in [0.1, 0.15) is 74.7 Å². The molecule has 0 bridgehead atoms. The van der Waals surface area contributed by atoms with Gasteiger partial charge in [0.15, 0.2) is 0 Å². The zero-order valence-electron chi connectivity index (χ0n) is 15.3. The Balaban J connectivity index is 1.55. The average molecular weight is 343 g/mol. The first kappa shape index (κ1) is 16.8.